The van der Waals surface area contributed by atoms with Crippen LogP contribution in [0.15, 0.2) is 12.4 Å². The smallest absolute Gasteiger partial charge is 0.234 e. The van der Waals surface area contributed by atoms with E-state index in [2.05, 4.69) is 27.1 Å². The van der Waals surface area contributed by atoms with Crippen molar-refractivity contribution in [2.24, 2.45) is 0 Å². The van der Waals surface area contributed by atoms with E-state index in [0.29, 0.717) is 18.5 Å². The molecule has 1 aliphatic rings. The van der Waals surface area contributed by atoms with Gasteiger partial charge in [-0.1, -0.05) is 13.3 Å². The Labute approximate surface area is 121 Å². The molecular weight excluding hydrogens is 252 g/mol. The molecule has 0 bridgehead atoms. The second-order valence-corrected chi connectivity index (χ2v) is 5.24. The summed E-state index contributed by atoms with van der Waals surface area (Å²) in [6.07, 6.45) is 8.41. The molecule has 0 amide bonds. The van der Waals surface area contributed by atoms with Crippen LogP contribution < -0.4 is 15.0 Å². The molecule has 112 valence electrons. The summed E-state index contributed by atoms with van der Waals surface area (Å²) < 4.78 is 5.46. The number of nitrogens with one attached hydrogen (secondary N) is 1. The van der Waals surface area contributed by atoms with Crippen LogP contribution >= 0.6 is 0 Å². The number of aromatic nitrogens is 2. The summed E-state index contributed by atoms with van der Waals surface area (Å²) in [5.74, 6) is 1.55. The zero-order valence-corrected chi connectivity index (χ0v) is 12.6. The lowest BCUT2D eigenvalue weighted by Gasteiger charge is -2.26. The van der Waals surface area contributed by atoms with E-state index >= 15 is 0 Å². The summed E-state index contributed by atoms with van der Waals surface area (Å²) in [6, 6.07) is 0.574. The highest BCUT2D eigenvalue weighted by Gasteiger charge is 2.19. The standard InChI is InChI=1S/C15H26N4O/c1-3-5-9-19(12-13-7-6-8-17-13)14-10-16-11-15(18-14)20-4-2/h10-11,13,17H,3-9,12H2,1-2H3. The van der Waals surface area contributed by atoms with Crippen molar-refractivity contribution in [2.45, 2.75) is 45.6 Å². The number of rotatable bonds is 8. The molecule has 1 fully saturated rings. The van der Waals surface area contributed by atoms with E-state index in [9.17, 15) is 0 Å². The maximum absolute atomic E-state index is 5.46. The fourth-order valence-electron chi connectivity index (χ4n) is 2.54. The van der Waals surface area contributed by atoms with E-state index in [-0.39, 0.29) is 0 Å². The van der Waals surface area contributed by atoms with Crippen LogP contribution in [0.3, 0.4) is 0 Å². The SMILES string of the molecule is CCCCN(CC1CCCN1)c1cncc(OCC)n1. The first-order valence-corrected chi connectivity index (χ1v) is 7.76. The summed E-state index contributed by atoms with van der Waals surface area (Å²) in [5, 5.41) is 3.55. The van der Waals surface area contributed by atoms with Crippen molar-refractivity contribution in [1.29, 1.82) is 0 Å². The molecule has 2 rings (SSSR count). The van der Waals surface area contributed by atoms with Crippen molar-refractivity contribution < 1.29 is 4.74 Å². The molecular formula is C15H26N4O. The molecule has 0 aliphatic carbocycles. The Morgan fingerprint density at radius 1 is 1.40 bits per heavy atom. The van der Waals surface area contributed by atoms with Gasteiger partial charge in [0.15, 0.2) is 5.82 Å². The number of nitrogens with zero attached hydrogens (tertiary/aromatic N) is 3. The summed E-state index contributed by atoms with van der Waals surface area (Å²) in [4.78, 5) is 11.2. The summed E-state index contributed by atoms with van der Waals surface area (Å²) in [5.41, 5.74) is 0. The van der Waals surface area contributed by atoms with Crippen LogP contribution in [-0.4, -0.2) is 42.3 Å². The van der Waals surface area contributed by atoms with E-state index < -0.39 is 0 Å². The molecule has 1 unspecified atom stereocenters. The van der Waals surface area contributed by atoms with Crippen molar-refractivity contribution in [3.63, 3.8) is 0 Å². The van der Waals surface area contributed by atoms with Gasteiger partial charge in [-0.25, -0.2) is 0 Å². The van der Waals surface area contributed by atoms with Gasteiger partial charge >= 0.3 is 0 Å². The molecule has 0 saturated carbocycles. The first-order chi connectivity index (χ1) is 9.83. The monoisotopic (exact) mass is 278 g/mol. The Hall–Kier alpha value is -1.36. The number of hydrogen-bond donors (Lipinski definition) is 1. The molecule has 1 aromatic heterocycles. The van der Waals surface area contributed by atoms with Crippen LogP contribution in [0, 0.1) is 0 Å². The van der Waals surface area contributed by atoms with Gasteiger partial charge in [0.2, 0.25) is 5.88 Å². The maximum Gasteiger partial charge on any atom is 0.234 e. The minimum absolute atomic E-state index is 0.574. The third-order valence-electron chi connectivity index (χ3n) is 3.60. The fraction of sp³-hybridized carbons (Fsp3) is 0.733. The minimum Gasteiger partial charge on any atom is -0.477 e. The van der Waals surface area contributed by atoms with Gasteiger partial charge in [0.05, 0.1) is 19.0 Å². The van der Waals surface area contributed by atoms with E-state index in [0.717, 1.165) is 25.5 Å². The number of ether oxygens (including phenoxy) is 1. The Morgan fingerprint density at radius 2 is 2.30 bits per heavy atom. The summed E-state index contributed by atoms with van der Waals surface area (Å²) in [7, 11) is 0. The lowest BCUT2D eigenvalue weighted by molar-refractivity contribution is 0.325. The number of hydrogen-bond acceptors (Lipinski definition) is 5. The summed E-state index contributed by atoms with van der Waals surface area (Å²) >= 11 is 0. The highest BCUT2D eigenvalue weighted by molar-refractivity contribution is 5.37. The van der Waals surface area contributed by atoms with Crippen LogP contribution in [-0.2, 0) is 0 Å². The van der Waals surface area contributed by atoms with Crippen molar-refractivity contribution >= 4 is 5.82 Å². The zero-order valence-electron chi connectivity index (χ0n) is 12.6. The van der Waals surface area contributed by atoms with Gasteiger partial charge in [0, 0.05) is 19.1 Å². The van der Waals surface area contributed by atoms with Gasteiger partial charge in [0.1, 0.15) is 0 Å². The maximum atomic E-state index is 5.46. The van der Waals surface area contributed by atoms with Crippen LogP contribution in [0.5, 0.6) is 5.88 Å². The third-order valence-corrected chi connectivity index (χ3v) is 3.60. The van der Waals surface area contributed by atoms with Crippen LogP contribution in [0.4, 0.5) is 5.82 Å². The van der Waals surface area contributed by atoms with Gasteiger partial charge in [-0.3, -0.25) is 4.98 Å². The first kappa shape index (κ1) is 15.0. The predicted molar refractivity (Wildman–Crippen MR) is 81.3 cm³/mol. The van der Waals surface area contributed by atoms with E-state index in [1.54, 1.807) is 6.20 Å². The van der Waals surface area contributed by atoms with Gasteiger partial charge in [0.25, 0.3) is 0 Å². The van der Waals surface area contributed by atoms with E-state index in [1.807, 2.05) is 13.1 Å². The molecule has 2 heterocycles. The molecule has 1 N–H and O–H groups in total. The molecule has 1 saturated heterocycles. The molecule has 0 radical (unpaired) electrons. The third kappa shape index (κ3) is 4.34. The van der Waals surface area contributed by atoms with Gasteiger partial charge in [-0.2, -0.15) is 4.98 Å². The second kappa shape index (κ2) is 8.04. The van der Waals surface area contributed by atoms with Crippen molar-refractivity contribution in [3.05, 3.63) is 12.4 Å². The highest BCUT2D eigenvalue weighted by atomic mass is 16.5. The quantitative estimate of drug-likeness (QED) is 0.790. The van der Waals surface area contributed by atoms with Crippen LogP contribution in [0.2, 0.25) is 0 Å². The normalized spacial score (nSPS) is 18.2. The lowest BCUT2D eigenvalue weighted by Crippen LogP contribution is -2.38. The molecule has 5 nitrogen and oxygen atoms in total. The minimum atomic E-state index is 0.574. The topological polar surface area (TPSA) is 50.3 Å². The lowest BCUT2D eigenvalue weighted by atomic mass is 10.2. The predicted octanol–water partition coefficient (Wildman–Crippen LogP) is 2.23. The Morgan fingerprint density at radius 3 is 3.00 bits per heavy atom. The summed E-state index contributed by atoms with van der Waals surface area (Å²) in [6.45, 7) is 7.97. The molecule has 20 heavy (non-hydrogen) atoms. The number of anilines is 1. The van der Waals surface area contributed by atoms with Crippen LogP contribution in [0.1, 0.15) is 39.5 Å². The molecule has 1 atom stereocenters. The highest BCUT2D eigenvalue weighted by Crippen LogP contribution is 2.17. The van der Waals surface area contributed by atoms with Crippen LogP contribution in [0.25, 0.3) is 0 Å². The molecule has 5 heteroatoms. The van der Waals surface area contributed by atoms with Gasteiger partial charge < -0.3 is 15.0 Å². The van der Waals surface area contributed by atoms with Gasteiger partial charge in [-0.05, 0) is 32.7 Å². The molecule has 1 aromatic rings. The zero-order chi connectivity index (χ0) is 14.2. The van der Waals surface area contributed by atoms with Crippen molar-refractivity contribution in [3.8, 4) is 5.88 Å². The van der Waals surface area contributed by atoms with E-state index in [1.165, 1.54) is 25.7 Å². The Bertz CT molecular complexity index is 393. The van der Waals surface area contributed by atoms with Crippen molar-refractivity contribution in [2.75, 3.05) is 31.1 Å². The average Bonchev–Trinajstić information content (AvgIpc) is 2.97. The fourth-order valence-corrected chi connectivity index (χ4v) is 2.54. The second-order valence-electron chi connectivity index (χ2n) is 5.24. The van der Waals surface area contributed by atoms with Gasteiger partial charge in [-0.15, -0.1) is 0 Å². The van der Waals surface area contributed by atoms with Crippen molar-refractivity contribution in [1.82, 2.24) is 15.3 Å². The van der Waals surface area contributed by atoms with E-state index in [4.69, 9.17) is 4.74 Å². The average molecular weight is 278 g/mol. The molecule has 0 spiro atoms. The Kier molecular flexibility index (Phi) is 6.05. The Balaban J connectivity index is 2.05. The molecule has 0 aromatic carbocycles. The first-order valence-electron chi connectivity index (χ1n) is 7.76. The number of unbranched alkanes of at least 4 members (excludes halogenated alkanes) is 1. The molecule has 1 aliphatic heterocycles. The largest absolute Gasteiger partial charge is 0.477 e.